The molecular weight excluding hydrogens is 176 g/mol. The van der Waals surface area contributed by atoms with Crippen molar-refractivity contribution < 1.29 is 4.74 Å². The summed E-state index contributed by atoms with van der Waals surface area (Å²) in [5, 5.41) is 0. The van der Waals surface area contributed by atoms with Crippen molar-refractivity contribution >= 4 is 0 Å². The van der Waals surface area contributed by atoms with E-state index in [1.165, 1.54) is 0 Å². The molecule has 0 aliphatic carbocycles. The molecule has 0 aromatic rings. The van der Waals surface area contributed by atoms with Gasteiger partial charge in [-0.15, -0.1) is 0 Å². The molecule has 1 heterocycles. The van der Waals surface area contributed by atoms with Gasteiger partial charge in [-0.3, -0.25) is 0 Å². The van der Waals surface area contributed by atoms with Crippen molar-refractivity contribution in [2.24, 2.45) is 5.73 Å². The molecule has 1 rings (SSSR count). The summed E-state index contributed by atoms with van der Waals surface area (Å²) in [6.07, 6.45) is 3.24. The van der Waals surface area contributed by atoms with Crippen LogP contribution in [0, 0.1) is 0 Å². The van der Waals surface area contributed by atoms with E-state index in [1.54, 1.807) is 0 Å². The molecule has 1 fully saturated rings. The van der Waals surface area contributed by atoms with Crippen LogP contribution in [0.25, 0.3) is 0 Å². The zero-order chi connectivity index (χ0) is 10.6. The topological polar surface area (TPSA) is 38.5 Å². The largest absolute Gasteiger partial charge is 0.378 e. The van der Waals surface area contributed by atoms with E-state index in [0.717, 1.165) is 38.9 Å². The summed E-state index contributed by atoms with van der Waals surface area (Å²) >= 11 is 0. The molecule has 0 aromatic carbocycles. The SMILES string of the molecule is COC1(CCN)CCN(C(C)C)CC1. The first-order chi connectivity index (χ1) is 6.63. The highest BCUT2D eigenvalue weighted by Crippen LogP contribution is 2.29. The fourth-order valence-electron chi connectivity index (χ4n) is 2.27. The van der Waals surface area contributed by atoms with Crippen LogP contribution >= 0.6 is 0 Å². The van der Waals surface area contributed by atoms with Crippen molar-refractivity contribution in [2.75, 3.05) is 26.7 Å². The molecule has 84 valence electrons. The average molecular weight is 200 g/mol. The Bertz CT molecular complexity index is 163. The Labute approximate surface area is 87.6 Å². The lowest BCUT2D eigenvalue weighted by atomic mass is 9.87. The first-order valence-corrected chi connectivity index (χ1v) is 5.63. The van der Waals surface area contributed by atoms with Gasteiger partial charge in [0.1, 0.15) is 0 Å². The molecule has 0 spiro atoms. The molecule has 0 bridgehead atoms. The minimum Gasteiger partial charge on any atom is -0.378 e. The van der Waals surface area contributed by atoms with Gasteiger partial charge in [-0.25, -0.2) is 0 Å². The number of methoxy groups -OCH3 is 1. The van der Waals surface area contributed by atoms with Gasteiger partial charge >= 0.3 is 0 Å². The summed E-state index contributed by atoms with van der Waals surface area (Å²) < 4.78 is 5.64. The summed E-state index contributed by atoms with van der Waals surface area (Å²) in [5.74, 6) is 0. The molecule has 3 heteroatoms. The Morgan fingerprint density at radius 3 is 2.29 bits per heavy atom. The van der Waals surface area contributed by atoms with Gasteiger partial charge in [0.25, 0.3) is 0 Å². The van der Waals surface area contributed by atoms with Crippen LogP contribution in [-0.4, -0.2) is 43.3 Å². The van der Waals surface area contributed by atoms with E-state index in [0.29, 0.717) is 6.04 Å². The summed E-state index contributed by atoms with van der Waals surface area (Å²) in [7, 11) is 1.82. The van der Waals surface area contributed by atoms with Crippen molar-refractivity contribution in [3.05, 3.63) is 0 Å². The Balaban J connectivity index is 2.46. The summed E-state index contributed by atoms with van der Waals surface area (Å²) in [5.41, 5.74) is 5.69. The van der Waals surface area contributed by atoms with Crippen LogP contribution in [0.5, 0.6) is 0 Å². The Kier molecular flexibility index (Phi) is 4.35. The highest BCUT2D eigenvalue weighted by molar-refractivity contribution is 4.88. The van der Waals surface area contributed by atoms with Gasteiger partial charge in [-0.1, -0.05) is 0 Å². The number of nitrogens with zero attached hydrogens (tertiary/aromatic N) is 1. The van der Waals surface area contributed by atoms with Crippen LogP contribution < -0.4 is 5.73 Å². The van der Waals surface area contributed by atoms with Crippen LogP contribution in [0.1, 0.15) is 33.1 Å². The average Bonchev–Trinajstić information content (AvgIpc) is 2.19. The zero-order valence-electron chi connectivity index (χ0n) is 9.75. The van der Waals surface area contributed by atoms with E-state index < -0.39 is 0 Å². The van der Waals surface area contributed by atoms with Crippen LogP contribution in [0.15, 0.2) is 0 Å². The first kappa shape index (κ1) is 12.0. The molecule has 14 heavy (non-hydrogen) atoms. The monoisotopic (exact) mass is 200 g/mol. The molecule has 0 radical (unpaired) electrons. The van der Waals surface area contributed by atoms with Gasteiger partial charge in [0.2, 0.25) is 0 Å². The van der Waals surface area contributed by atoms with E-state index in [4.69, 9.17) is 10.5 Å². The minimum atomic E-state index is 0.0696. The number of rotatable bonds is 4. The van der Waals surface area contributed by atoms with Crippen molar-refractivity contribution in [1.29, 1.82) is 0 Å². The van der Waals surface area contributed by atoms with Crippen molar-refractivity contribution in [1.82, 2.24) is 4.90 Å². The summed E-state index contributed by atoms with van der Waals surface area (Å²) in [6, 6.07) is 0.655. The van der Waals surface area contributed by atoms with E-state index in [-0.39, 0.29) is 5.60 Å². The zero-order valence-corrected chi connectivity index (χ0v) is 9.75. The third-order valence-electron chi connectivity index (χ3n) is 3.47. The highest BCUT2D eigenvalue weighted by Gasteiger charge is 2.34. The molecule has 0 unspecified atom stereocenters. The summed E-state index contributed by atoms with van der Waals surface area (Å²) in [6.45, 7) is 7.53. The standard InChI is InChI=1S/C11H24N2O/c1-10(2)13-8-5-11(14-3,4-7-12)6-9-13/h10H,4-9,12H2,1-3H3. The number of hydrogen-bond acceptors (Lipinski definition) is 3. The first-order valence-electron chi connectivity index (χ1n) is 5.63. The molecule has 0 amide bonds. The molecule has 2 N–H and O–H groups in total. The molecule has 1 saturated heterocycles. The Morgan fingerprint density at radius 2 is 1.93 bits per heavy atom. The number of hydrogen-bond donors (Lipinski definition) is 1. The maximum Gasteiger partial charge on any atom is 0.0715 e. The van der Waals surface area contributed by atoms with E-state index in [9.17, 15) is 0 Å². The highest BCUT2D eigenvalue weighted by atomic mass is 16.5. The Hall–Kier alpha value is -0.120. The predicted molar refractivity (Wildman–Crippen MR) is 59.4 cm³/mol. The molecule has 1 aliphatic rings. The van der Waals surface area contributed by atoms with Crippen LogP contribution in [0.4, 0.5) is 0 Å². The molecule has 1 aliphatic heterocycles. The van der Waals surface area contributed by atoms with E-state index >= 15 is 0 Å². The third kappa shape index (κ3) is 2.69. The van der Waals surface area contributed by atoms with Crippen LogP contribution in [-0.2, 0) is 4.74 Å². The van der Waals surface area contributed by atoms with Gasteiger partial charge in [-0.05, 0) is 39.7 Å². The maximum atomic E-state index is 5.64. The normalized spacial score (nSPS) is 22.9. The van der Waals surface area contributed by atoms with Gasteiger partial charge in [-0.2, -0.15) is 0 Å². The fraction of sp³-hybridized carbons (Fsp3) is 1.00. The summed E-state index contributed by atoms with van der Waals surface area (Å²) in [4.78, 5) is 2.51. The lowest BCUT2D eigenvalue weighted by Crippen LogP contribution is -2.48. The number of ether oxygens (including phenoxy) is 1. The Morgan fingerprint density at radius 1 is 1.36 bits per heavy atom. The third-order valence-corrected chi connectivity index (χ3v) is 3.47. The van der Waals surface area contributed by atoms with Crippen molar-refractivity contribution in [2.45, 2.75) is 44.8 Å². The smallest absolute Gasteiger partial charge is 0.0715 e. The van der Waals surface area contributed by atoms with E-state index in [2.05, 4.69) is 18.7 Å². The molecule has 0 aromatic heterocycles. The number of piperidine rings is 1. The lowest BCUT2D eigenvalue weighted by molar-refractivity contribution is -0.0652. The quantitative estimate of drug-likeness (QED) is 0.741. The van der Waals surface area contributed by atoms with E-state index in [1.807, 2.05) is 7.11 Å². The lowest BCUT2D eigenvalue weighted by Gasteiger charge is -2.42. The fourth-order valence-corrected chi connectivity index (χ4v) is 2.27. The van der Waals surface area contributed by atoms with Crippen LogP contribution in [0.3, 0.4) is 0 Å². The van der Waals surface area contributed by atoms with Gasteiger partial charge < -0.3 is 15.4 Å². The molecular formula is C11H24N2O. The number of nitrogens with two attached hydrogens (primary N) is 1. The number of likely N-dealkylation sites (tertiary alicyclic amines) is 1. The van der Waals surface area contributed by atoms with Crippen molar-refractivity contribution in [3.8, 4) is 0 Å². The minimum absolute atomic E-state index is 0.0696. The van der Waals surface area contributed by atoms with Gasteiger partial charge in [0, 0.05) is 26.2 Å². The molecule has 0 saturated carbocycles. The van der Waals surface area contributed by atoms with Gasteiger partial charge in [0.05, 0.1) is 5.60 Å². The maximum absolute atomic E-state index is 5.64. The predicted octanol–water partition coefficient (Wildman–Crippen LogP) is 1.22. The van der Waals surface area contributed by atoms with Crippen LogP contribution in [0.2, 0.25) is 0 Å². The molecule has 3 nitrogen and oxygen atoms in total. The molecule has 0 atom stereocenters. The van der Waals surface area contributed by atoms with Crippen molar-refractivity contribution in [3.63, 3.8) is 0 Å². The second kappa shape index (κ2) is 5.10. The van der Waals surface area contributed by atoms with Gasteiger partial charge in [0.15, 0.2) is 0 Å². The second-order valence-electron chi connectivity index (χ2n) is 4.56. The second-order valence-corrected chi connectivity index (χ2v) is 4.56.